The van der Waals surface area contributed by atoms with Gasteiger partial charge in [-0.3, -0.25) is 4.79 Å². The highest BCUT2D eigenvalue weighted by atomic mass is 16.5. The van der Waals surface area contributed by atoms with E-state index in [1.807, 2.05) is 31.2 Å². The molecule has 1 N–H and O–H groups in total. The van der Waals surface area contributed by atoms with Gasteiger partial charge in [0, 0.05) is 12.5 Å². The normalized spacial score (nSPS) is 10.7. The van der Waals surface area contributed by atoms with Crippen molar-refractivity contribution in [3.05, 3.63) is 54.0 Å². The Morgan fingerprint density at radius 1 is 1.30 bits per heavy atom. The third-order valence-electron chi connectivity index (χ3n) is 2.79. The number of carbonyl (C=O) groups excluding carboxylic acids is 1. The van der Waals surface area contributed by atoms with Gasteiger partial charge in [0.25, 0.3) is 0 Å². The zero-order valence-electron chi connectivity index (χ0n) is 11.6. The maximum atomic E-state index is 11.8. The number of aryl methyl sites for hydroxylation is 1. The lowest BCUT2D eigenvalue weighted by Gasteiger charge is -2.07. The van der Waals surface area contributed by atoms with Gasteiger partial charge in [0.2, 0.25) is 5.91 Å². The number of methoxy groups -OCH3 is 1. The van der Waals surface area contributed by atoms with Crippen molar-refractivity contribution in [2.75, 3.05) is 12.4 Å². The molecule has 4 nitrogen and oxygen atoms in total. The second-order valence-corrected chi connectivity index (χ2v) is 4.18. The summed E-state index contributed by atoms with van der Waals surface area (Å²) in [5.41, 5.74) is 0.637. The summed E-state index contributed by atoms with van der Waals surface area (Å²) >= 11 is 0. The van der Waals surface area contributed by atoms with E-state index in [1.54, 1.807) is 25.3 Å². The number of benzene rings is 1. The molecule has 0 aliphatic carbocycles. The largest absolute Gasteiger partial charge is 0.495 e. The first-order valence-corrected chi connectivity index (χ1v) is 6.43. The minimum atomic E-state index is -0.232. The van der Waals surface area contributed by atoms with Crippen molar-refractivity contribution in [3.8, 4) is 5.75 Å². The highest BCUT2D eigenvalue weighted by molar-refractivity contribution is 6.02. The van der Waals surface area contributed by atoms with E-state index in [9.17, 15) is 4.79 Å². The molecule has 104 valence electrons. The molecule has 0 unspecified atom stereocenters. The molecule has 0 aliphatic heterocycles. The number of anilines is 1. The topological polar surface area (TPSA) is 51.5 Å². The Bertz CT molecular complexity index is 614. The quantitative estimate of drug-likeness (QED) is 0.847. The van der Waals surface area contributed by atoms with Gasteiger partial charge >= 0.3 is 0 Å². The molecule has 0 aliphatic rings. The van der Waals surface area contributed by atoms with Gasteiger partial charge in [-0.25, -0.2) is 0 Å². The maximum absolute atomic E-state index is 11.8. The van der Waals surface area contributed by atoms with Crippen molar-refractivity contribution in [2.24, 2.45) is 0 Å². The Hall–Kier alpha value is -2.49. The molecule has 0 saturated carbocycles. The number of rotatable bonds is 5. The number of hydrogen-bond donors (Lipinski definition) is 1. The summed E-state index contributed by atoms with van der Waals surface area (Å²) in [6, 6.07) is 11.0. The molecule has 0 radical (unpaired) electrons. The number of ether oxygens (including phenoxy) is 1. The van der Waals surface area contributed by atoms with Crippen molar-refractivity contribution < 1.29 is 13.9 Å². The van der Waals surface area contributed by atoms with E-state index < -0.39 is 0 Å². The van der Waals surface area contributed by atoms with Gasteiger partial charge in [-0.2, -0.15) is 0 Å². The van der Waals surface area contributed by atoms with E-state index in [0.29, 0.717) is 17.2 Å². The van der Waals surface area contributed by atoms with Crippen LogP contribution in [0.15, 0.2) is 46.9 Å². The van der Waals surface area contributed by atoms with Crippen molar-refractivity contribution in [2.45, 2.75) is 13.3 Å². The highest BCUT2D eigenvalue weighted by Gasteiger charge is 2.04. The molecule has 0 saturated heterocycles. The summed E-state index contributed by atoms with van der Waals surface area (Å²) in [5, 5.41) is 2.76. The fourth-order valence-corrected chi connectivity index (χ4v) is 1.75. The van der Waals surface area contributed by atoms with Gasteiger partial charge < -0.3 is 14.5 Å². The molecular formula is C16H17NO3. The number of hydrogen-bond acceptors (Lipinski definition) is 3. The summed E-state index contributed by atoms with van der Waals surface area (Å²) in [4.78, 5) is 11.8. The smallest absolute Gasteiger partial charge is 0.248 e. The van der Waals surface area contributed by atoms with Crippen molar-refractivity contribution in [1.82, 2.24) is 0 Å². The number of carbonyl (C=O) groups is 1. The van der Waals surface area contributed by atoms with Crippen LogP contribution >= 0.6 is 0 Å². The predicted molar refractivity (Wildman–Crippen MR) is 78.7 cm³/mol. The lowest BCUT2D eigenvalue weighted by atomic mass is 10.3. The third-order valence-corrected chi connectivity index (χ3v) is 2.79. The summed E-state index contributed by atoms with van der Waals surface area (Å²) in [6.45, 7) is 2.01. The van der Waals surface area contributed by atoms with Gasteiger partial charge in [0.1, 0.15) is 17.3 Å². The van der Waals surface area contributed by atoms with E-state index in [-0.39, 0.29) is 5.91 Å². The van der Waals surface area contributed by atoms with Gasteiger partial charge in [0.05, 0.1) is 12.8 Å². The Labute approximate surface area is 118 Å². The van der Waals surface area contributed by atoms with Crippen LogP contribution in [0.25, 0.3) is 6.08 Å². The molecule has 0 spiro atoms. The summed E-state index contributed by atoms with van der Waals surface area (Å²) in [7, 11) is 1.57. The van der Waals surface area contributed by atoms with Crippen LogP contribution in [0.4, 0.5) is 5.69 Å². The standard InChI is InChI=1S/C16H17NO3/c1-3-12-8-9-13(20-12)10-11-16(18)17-14-6-4-5-7-15(14)19-2/h4-11H,3H2,1-2H3,(H,17,18). The van der Waals surface area contributed by atoms with Crippen molar-refractivity contribution in [1.29, 1.82) is 0 Å². The number of furan rings is 1. The van der Waals surface area contributed by atoms with Crippen LogP contribution < -0.4 is 10.1 Å². The predicted octanol–water partition coefficient (Wildman–Crippen LogP) is 3.50. The van der Waals surface area contributed by atoms with Crippen LogP contribution in [-0.2, 0) is 11.2 Å². The number of para-hydroxylation sites is 2. The highest BCUT2D eigenvalue weighted by Crippen LogP contribution is 2.22. The minimum absolute atomic E-state index is 0.232. The van der Waals surface area contributed by atoms with Crippen molar-refractivity contribution >= 4 is 17.7 Å². The fourth-order valence-electron chi connectivity index (χ4n) is 1.75. The summed E-state index contributed by atoms with van der Waals surface area (Å²) in [6.07, 6.45) is 3.91. The Morgan fingerprint density at radius 2 is 2.10 bits per heavy atom. The molecule has 1 heterocycles. The van der Waals surface area contributed by atoms with E-state index in [0.717, 1.165) is 12.2 Å². The number of nitrogens with one attached hydrogen (secondary N) is 1. The molecule has 20 heavy (non-hydrogen) atoms. The molecule has 4 heteroatoms. The molecular weight excluding hydrogens is 254 g/mol. The van der Waals surface area contributed by atoms with Gasteiger partial charge in [-0.05, 0) is 30.3 Å². The Morgan fingerprint density at radius 3 is 2.80 bits per heavy atom. The lowest BCUT2D eigenvalue weighted by Crippen LogP contribution is -2.08. The van der Waals surface area contributed by atoms with Crippen LogP contribution in [0.3, 0.4) is 0 Å². The average molecular weight is 271 g/mol. The molecule has 1 aromatic heterocycles. The van der Waals surface area contributed by atoms with E-state index in [2.05, 4.69) is 5.32 Å². The molecule has 0 bridgehead atoms. The zero-order chi connectivity index (χ0) is 14.4. The van der Waals surface area contributed by atoms with Gasteiger partial charge in [-0.15, -0.1) is 0 Å². The van der Waals surface area contributed by atoms with Crippen LogP contribution in [0.5, 0.6) is 5.75 Å². The molecule has 2 rings (SSSR count). The number of amides is 1. The van der Waals surface area contributed by atoms with Crippen LogP contribution in [0, 0.1) is 0 Å². The third kappa shape index (κ3) is 3.51. The SMILES string of the molecule is CCc1ccc(C=CC(=O)Nc2ccccc2OC)o1. The first kappa shape index (κ1) is 13.9. The van der Waals surface area contributed by atoms with E-state index in [4.69, 9.17) is 9.15 Å². The summed E-state index contributed by atoms with van der Waals surface area (Å²) in [5.74, 6) is 1.95. The molecule has 0 atom stereocenters. The monoisotopic (exact) mass is 271 g/mol. The Kier molecular flexibility index (Phi) is 4.60. The second-order valence-electron chi connectivity index (χ2n) is 4.18. The average Bonchev–Trinajstić information content (AvgIpc) is 2.94. The van der Waals surface area contributed by atoms with E-state index in [1.165, 1.54) is 6.08 Å². The van der Waals surface area contributed by atoms with E-state index >= 15 is 0 Å². The van der Waals surface area contributed by atoms with Gasteiger partial charge in [-0.1, -0.05) is 19.1 Å². The lowest BCUT2D eigenvalue weighted by molar-refractivity contribution is -0.111. The summed E-state index contributed by atoms with van der Waals surface area (Å²) < 4.78 is 10.7. The molecule has 1 aromatic carbocycles. The van der Waals surface area contributed by atoms with Gasteiger partial charge in [0.15, 0.2) is 0 Å². The minimum Gasteiger partial charge on any atom is -0.495 e. The van der Waals surface area contributed by atoms with Crippen LogP contribution in [0.1, 0.15) is 18.4 Å². The maximum Gasteiger partial charge on any atom is 0.248 e. The molecule has 0 fully saturated rings. The first-order chi connectivity index (χ1) is 9.72. The van der Waals surface area contributed by atoms with Crippen LogP contribution in [-0.4, -0.2) is 13.0 Å². The second kappa shape index (κ2) is 6.61. The first-order valence-electron chi connectivity index (χ1n) is 6.43. The Balaban J connectivity index is 2.01. The fraction of sp³-hybridized carbons (Fsp3) is 0.188. The van der Waals surface area contributed by atoms with Crippen molar-refractivity contribution in [3.63, 3.8) is 0 Å². The molecule has 2 aromatic rings. The van der Waals surface area contributed by atoms with Crippen LogP contribution in [0.2, 0.25) is 0 Å². The zero-order valence-corrected chi connectivity index (χ0v) is 11.6. The molecule has 1 amide bonds.